The lowest BCUT2D eigenvalue weighted by Crippen LogP contribution is -2.22. The maximum Gasteiger partial charge on any atom is 0.245 e. The fourth-order valence-electron chi connectivity index (χ4n) is 1.58. The molecular weight excluding hydrogens is 218 g/mol. The SMILES string of the molecule is Cc1cc(C2C(=O)NC(=O)C2Cl)nn1C. The van der Waals surface area contributed by atoms with Crippen LogP contribution < -0.4 is 5.32 Å². The Morgan fingerprint density at radius 1 is 1.47 bits per heavy atom. The van der Waals surface area contributed by atoms with Gasteiger partial charge in [-0.05, 0) is 13.0 Å². The molecule has 0 aliphatic carbocycles. The van der Waals surface area contributed by atoms with Gasteiger partial charge in [0.25, 0.3) is 0 Å². The van der Waals surface area contributed by atoms with Gasteiger partial charge in [0.2, 0.25) is 11.8 Å². The number of nitrogens with zero attached hydrogens (tertiary/aromatic N) is 2. The van der Waals surface area contributed by atoms with Gasteiger partial charge in [-0.3, -0.25) is 19.6 Å². The number of nitrogens with one attached hydrogen (secondary N) is 1. The highest BCUT2D eigenvalue weighted by atomic mass is 35.5. The Bertz CT molecular complexity index is 421. The van der Waals surface area contributed by atoms with Crippen LogP contribution in [-0.2, 0) is 16.6 Å². The molecule has 5 nitrogen and oxygen atoms in total. The normalized spacial score (nSPS) is 25.8. The summed E-state index contributed by atoms with van der Waals surface area (Å²) in [6.07, 6.45) is 0. The summed E-state index contributed by atoms with van der Waals surface area (Å²) in [6, 6.07) is 1.76. The number of hydrogen-bond acceptors (Lipinski definition) is 3. The minimum Gasteiger partial charge on any atom is -0.294 e. The molecule has 0 spiro atoms. The fourth-order valence-corrected chi connectivity index (χ4v) is 1.88. The van der Waals surface area contributed by atoms with E-state index in [4.69, 9.17) is 11.6 Å². The molecule has 2 heterocycles. The smallest absolute Gasteiger partial charge is 0.245 e. The summed E-state index contributed by atoms with van der Waals surface area (Å²) in [5, 5.41) is 5.48. The van der Waals surface area contributed by atoms with Crippen molar-refractivity contribution in [3.05, 3.63) is 17.5 Å². The molecule has 2 amide bonds. The maximum absolute atomic E-state index is 11.5. The zero-order valence-corrected chi connectivity index (χ0v) is 9.08. The molecule has 1 aromatic rings. The summed E-state index contributed by atoms with van der Waals surface area (Å²) in [7, 11) is 1.77. The van der Waals surface area contributed by atoms with E-state index in [-0.39, 0.29) is 5.91 Å². The Hall–Kier alpha value is -1.36. The summed E-state index contributed by atoms with van der Waals surface area (Å²) < 4.78 is 1.65. The van der Waals surface area contributed by atoms with E-state index < -0.39 is 17.2 Å². The second-order valence-electron chi connectivity index (χ2n) is 3.57. The summed E-state index contributed by atoms with van der Waals surface area (Å²) in [6.45, 7) is 1.87. The molecule has 2 atom stereocenters. The van der Waals surface area contributed by atoms with Crippen LogP contribution in [0.25, 0.3) is 0 Å². The monoisotopic (exact) mass is 227 g/mol. The quantitative estimate of drug-likeness (QED) is 0.546. The van der Waals surface area contributed by atoms with Crippen LogP contribution in [0.2, 0.25) is 0 Å². The third kappa shape index (κ3) is 1.52. The number of aryl methyl sites for hydroxylation is 2. The van der Waals surface area contributed by atoms with E-state index in [0.717, 1.165) is 5.69 Å². The van der Waals surface area contributed by atoms with Gasteiger partial charge in [-0.2, -0.15) is 5.10 Å². The molecule has 1 aromatic heterocycles. The molecule has 1 saturated heterocycles. The van der Waals surface area contributed by atoms with E-state index in [1.54, 1.807) is 17.8 Å². The van der Waals surface area contributed by atoms with Crippen LogP contribution in [0.4, 0.5) is 0 Å². The van der Waals surface area contributed by atoms with Crippen LogP contribution in [0.5, 0.6) is 0 Å². The number of carbonyl (C=O) groups is 2. The molecular formula is C9H10ClN3O2. The van der Waals surface area contributed by atoms with Crippen LogP contribution in [0.15, 0.2) is 6.07 Å². The first kappa shape index (κ1) is 10.2. The molecule has 15 heavy (non-hydrogen) atoms. The number of rotatable bonds is 1. The van der Waals surface area contributed by atoms with Crippen LogP contribution in [0.1, 0.15) is 17.3 Å². The van der Waals surface area contributed by atoms with Gasteiger partial charge in [-0.15, -0.1) is 11.6 Å². The lowest BCUT2D eigenvalue weighted by molar-refractivity contribution is -0.125. The Labute approximate surface area is 91.4 Å². The van der Waals surface area contributed by atoms with Crippen LogP contribution >= 0.6 is 11.6 Å². The summed E-state index contributed by atoms with van der Waals surface area (Å²) in [4.78, 5) is 22.6. The number of aromatic nitrogens is 2. The van der Waals surface area contributed by atoms with Crippen molar-refractivity contribution in [2.24, 2.45) is 7.05 Å². The Morgan fingerprint density at radius 2 is 2.13 bits per heavy atom. The van der Waals surface area contributed by atoms with Gasteiger partial charge in [0.1, 0.15) is 11.3 Å². The van der Waals surface area contributed by atoms with E-state index in [1.807, 2.05) is 6.92 Å². The van der Waals surface area contributed by atoms with Crippen molar-refractivity contribution >= 4 is 23.4 Å². The molecule has 0 radical (unpaired) electrons. The second kappa shape index (κ2) is 3.34. The first-order valence-electron chi connectivity index (χ1n) is 4.50. The Morgan fingerprint density at radius 3 is 2.53 bits per heavy atom. The molecule has 0 aromatic carbocycles. The lowest BCUT2D eigenvalue weighted by atomic mass is 10.0. The maximum atomic E-state index is 11.5. The van der Waals surface area contributed by atoms with Crippen molar-refractivity contribution in [2.45, 2.75) is 18.2 Å². The summed E-state index contributed by atoms with van der Waals surface area (Å²) in [5.74, 6) is -1.49. The van der Waals surface area contributed by atoms with E-state index in [0.29, 0.717) is 5.69 Å². The minimum absolute atomic E-state index is 0.377. The Kier molecular flexibility index (Phi) is 2.26. The molecule has 1 fully saturated rings. The van der Waals surface area contributed by atoms with E-state index in [1.165, 1.54) is 0 Å². The third-order valence-corrected chi connectivity index (χ3v) is 2.97. The number of amides is 2. The predicted molar refractivity (Wildman–Crippen MR) is 53.5 cm³/mol. The van der Waals surface area contributed by atoms with Gasteiger partial charge in [-0.1, -0.05) is 0 Å². The first-order chi connectivity index (χ1) is 7.00. The fraction of sp³-hybridized carbons (Fsp3) is 0.444. The third-order valence-electron chi connectivity index (χ3n) is 2.52. The number of halogens is 1. The van der Waals surface area contributed by atoms with Gasteiger partial charge in [0.15, 0.2) is 0 Å². The number of carbonyl (C=O) groups excluding carboxylic acids is 2. The zero-order valence-electron chi connectivity index (χ0n) is 8.32. The Balaban J connectivity index is 2.38. The van der Waals surface area contributed by atoms with Gasteiger partial charge >= 0.3 is 0 Å². The molecule has 2 unspecified atom stereocenters. The van der Waals surface area contributed by atoms with Crippen LogP contribution in [-0.4, -0.2) is 27.0 Å². The van der Waals surface area contributed by atoms with Crippen molar-refractivity contribution < 1.29 is 9.59 Å². The van der Waals surface area contributed by atoms with Gasteiger partial charge < -0.3 is 0 Å². The summed E-state index contributed by atoms with van der Waals surface area (Å²) >= 11 is 5.84. The molecule has 1 aliphatic rings. The van der Waals surface area contributed by atoms with Crippen molar-refractivity contribution in [3.8, 4) is 0 Å². The molecule has 2 rings (SSSR count). The lowest BCUT2D eigenvalue weighted by Gasteiger charge is -2.04. The standard InChI is InChI=1S/C9H10ClN3O2/c1-4-3-5(12-13(4)2)6-7(10)9(15)11-8(6)14/h3,6-7H,1-2H3,(H,11,14,15). The highest BCUT2D eigenvalue weighted by Gasteiger charge is 2.42. The topological polar surface area (TPSA) is 64.0 Å². The second-order valence-corrected chi connectivity index (χ2v) is 4.04. The van der Waals surface area contributed by atoms with Crippen molar-refractivity contribution in [3.63, 3.8) is 0 Å². The highest BCUT2D eigenvalue weighted by Crippen LogP contribution is 2.27. The zero-order chi connectivity index (χ0) is 11.2. The number of hydrogen-bond donors (Lipinski definition) is 1. The highest BCUT2D eigenvalue weighted by molar-refractivity contribution is 6.37. The molecule has 1 aliphatic heterocycles. The van der Waals surface area contributed by atoms with Crippen LogP contribution in [0.3, 0.4) is 0 Å². The first-order valence-corrected chi connectivity index (χ1v) is 4.93. The van der Waals surface area contributed by atoms with E-state index in [2.05, 4.69) is 10.4 Å². The molecule has 0 saturated carbocycles. The van der Waals surface area contributed by atoms with Gasteiger partial charge in [0, 0.05) is 12.7 Å². The summed E-state index contributed by atoms with van der Waals surface area (Å²) in [5.41, 5.74) is 1.46. The van der Waals surface area contributed by atoms with Crippen molar-refractivity contribution in [1.82, 2.24) is 15.1 Å². The number of imide groups is 1. The van der Waals surface area contributed by atoms with E-state index in [9.17, 15) is 9.59 Å². The van der Waals surface area contributed by atoms with Crippen molar-refractivity contribution in [1.29, 1.82) is 0 Å². The molecule has 1 N–H and O–H groups in total. The minimum atomic E-state index is -0.855. The van der Waals surface area contributed by atoms with Gasteiger partial charge in [0.05, 0.1) is 5.69 Å². The van der Waals surface area contributed by atoms with E-state index >= 15 is 0 Å². The van der Waals surface area contributed by atoms with Gasteiger partial charge in [-0.25, -0.2) is 0 Å². The molecule has 80 valence electrons. The molecule has 0 bridgehead atoms. The average molecular weight is 228 g/mol. The van der Waals surface area contributed by atoms with Crippen molar-refractivity contribution in [2.75, 3.05) is 0 Å². The molecule has 6 heteroatoms. The largest absolute Gasteiger partial charge is 0.294 e. The number of alkyl halides is 1. The average Bonchev–Trinajstić information content (AvgIpc) is 2.57. The van der Waals surface area contributed by atoms with Crippen LogP contribution in [0, 0.1) is 6.92 Å². The predicted octanol–water partition coefficient (Wildman–Crippen LogP) is 0.0759.